The summed E-state index contributed by atoms with van der Waals surface area (Å²) < 4.78 is 0.740. The van der Waals surface area contributed by atoms with E-state index in [1.807, 2.05) is 12.3 Å². The Morgan fingerprint density at radius 2 is 2.26 bits per heavy atom. The summed E-state index contributed by atoms with van der Waals surface area (Å²) >= 11 is 4.97. The Morgan fingerprint density at radius 1 is 1.47 bits per heavy atom. The number of rotatable bonds is 5. The van der Waals surface area contributed by atoms with E-state index >= 15 is 0 Å². The molecular formula is C12H12BrN3O2S. The molecule has 0 spiro atoms. The Hall–Kier alpha value is -1.31. The second-order valence-electron chi connectivity index (χ2n) is 4.02. The molecule has 0 aliphatic heterocycles. The second-order valence-corrected chi connectivity index (χ2v) is 5.82. The lowest BCUT2D eigenvalue weighted by Gasteiger charge is -2.05. The van der Waals surface area contributed by atoms with E-state index in [9.17, 15) is 10.1 Å². The van der Waals surface area contributed by atoms with E-state index in [1.54, 1.807) is 17.4 Å². The predicted octanol–water partition coefficient (Wildman–Crippen LogP) is 3.41. The largest absolute Gasteiger partial charge is 0.306 e. The van der Waals surface area contributed by atoms with Gasteiger partial charge in [0.05, 0.1) is 4.92 Å². The van der Waals surface area contributed by atoms with Crippen LogP contribution in [0, 0.1) is 17.0 Å². The standard InChI is InChI=1S/C12H12BrN3O2S/c1-8-7-19-12(15-8)6-14-5-9-2-3-10(16(17)18)4-11(9)13/h2-4,7,14H,5-6H2,1H3. The van der Waals surface area contributed by atoms with Gasteiger partial charge in [0.25, 0.3) is 5.69 Å². The van der Waals surface area contributed by atoms with Crippen molar-refractivity contribution in [1.29, 1.82) is 0 Å². The molecule has 1 heterocycles. The van der Waals surface area contributed by atoms with Crippen LogP contribution in [-0.4, -0.2) is 9.91 Å². The van der Waals surface area contributed by atoms with Gasteiger partial charge in [-0.25, -0.2) is 4.98 Å². The minimum absolute atomic E-state index is 0.0890. The highest BCUT2D eigenvalue weighted by Gasteiger charge is 2.08. The monoisotopic (exact) mass is 341 g/mol. The third-order valence-electron chi connectivity index (χ3n) is 2.51. The highest BCUT2D eigenvalue weighted by molar-refractivity contribution is 9.10. The maximum Gasteiger partial charge on any atom is 0.270 e. The third-order valence-corrected chi connectivity index (χ3v) is 4.21. The number of hydrogen-bond acceptors (Lipinski definition) is 5. The molecule has 0 radical (unpaired) electrons. The average molecular weight is 342 g/mol. The number of benzene rings is 1. The number of aryl methyl sites for hydroxylation is 1. The minimum atomic E-state index is -0.402. The first kappa shape index (κ1) is 14.1. The molecule has 0 saturated carbocycles. The summed E-state index contributed by atoms with van der Waals surface area (Å²) in [4.78, 5) is 14.6. The number of nitrogens with zero attached hydrogens (tertiary/aromatic N) is 2. The van der Waals surface area contributed by atoms with Crippen molar-refractivity contribution in [2.24, 2.45) is 0 Å². The Morgan fingerprint density at radius 3 is 2.84 bits per heavy atom. The molecule has 0 saturated heterocycles. The van der Waals surface area contributed by atoms with Gasteiger partial charge in [-0.3, -0.25) is 10.1 Å². The quantitative estimate of drug-likeness (QED) is 0.668. The molecule has 100 valence electrons. The van der Waals surface area contributed by atoms with Gasteiger partial charge < -0.3 is 5.32 Å². The van der Waals surface area contributed by atoms with Crippen molar-refractivity contribution < 1.29 is 4.92 Å². The maximum atomic E-state index is 10.6. The van der Waals surface area contributed by atoms with Crippen LogP contribution in [0.15, 0.2) is 28.1 Å². The number of nitro benzene ring substituents is 1. The van der Waals surface area contributed by atoms with E-state index in [2.05, 4.69) is 26.2 Å². The second kappa shape index (κ2) is 6.23. The zero-order chi connectivity index (χ0) is 13.8. The summed E-state index contributed by atoms with van der Waals surface area (Å²) in [6.07, 6.45) is 0. The van der Waals surface area contributed by atoms with Crippen LogP contribution in [-0.2, 0) is 13.1 Å². The summed E-state index contributed by atoms with van der Waals surface area (Å²) in [6.45, 7) is 3.30. The van der Waals surface area contributed by atoms with Crippen LogP contribution < -0.4 is 5.32 Å². The Kier molecular flexibility index (Phi) is 4.62. The molecule has 0 amide bonds. The molecule has 2 rings (SSSR count). The first-order chi connectivity index (χ1) is 9.06. The lowest BCUT2D eigenvalue weighted by Crippen LogP contribution is -2.13. The molecule has 0 fully saturated rings. The number of nitrogens with one attached hydrogen (secondary N) is 1. The Balaban J connectivity index is 1.94. The fourth-order valence-electron chi connectivity index (χ4n) is 1.58. The van der Waals surface area contributed by atoms with Crippen LogP contribution in [0.3, 0.4) is 0 Å². The molecule has 1 aromatic heterocycles. The Bertz CT molecular complexity index is 600. The number of halogens is 1. The van der Waals surface area contributed by atoms with Crippen LogP contribution in [0.25, 0.3) is 0 Å². The lowest BCUT2D eigenvalue weighted by atomic mass is 10.2. The first-order valence-electron chi connectivity index (χ1n) is 5.61. The smallest absolute Gasteiger partial charge is 0.270 e. The Labute approximate surface area is 123 Å². The summed E-state index contributed by atoms with van der Waals surface area (Å²) in [5, 5.41) is 16.9. The number of aromatic nitrogens is 1. The molecule has 5 nitrogen and oxygen atoms in total. The van der Waals surface area contributed by atoms with E-state index in [4.69, 9.17) is 0 Å². The molecule has 2 aromatic rings. The van der Waals surface area contributed by atoms with Gasteiger partial charge in [0.2, 0.25) is 0 Å². The van der Waals surface area contributed by atoms with Gasteiger partial charge in [0.15, 0.2) is 0 Å². The van der Waals surface area contributed by atoms with Gasteiger partial charge in [-0.15, -0.1) is 11.3 Å². The van der Waals surface area contributed by atoms with Crippen LogP contribution in [0.2, 0.25) is 0 Å². The molecule has 0 unspecified atom stereocenters. The van der Waals surface area contributed by atoms with Crippen LogP contribution in [0.4, 0.5) is 5.69 Å². The van der Waals surface area contributed by atoms with Gasteiger partial charge in [-0.05, 0) is 18.6 Å². The molecule has 0 bridgehead atoms. The van der Waals surface area contributed by atoms with E-state index in [0.717, 1.165) is 20.7 Å². The van der Waals surface area contributed by atoms with Crippen molar-refractivity contribution in [3.05, 3.63) is 54.4 Å². The number of thiazole rings is 1. The van der Waals surface area contributed by atoms with Crippen molar-refractivity contribution in [3.8, 4) is 0 Å². The molecule has 1 aromatic carbocycles. The zero-order valence-electron chi connectivity index (χ0n) is 10.2. The summed E-state index contributed by atoms with van der Waals surface area (Å²) in [6, 6.07) is 4.78. The summed E-state index contributed by atoms with van der Waals surface area (Å²) in [5.41, 5.74) is 2.10. The molecule has 19 heavy (non-hydrogen) atoms. The lowest BCUT2D eigenvalue weighted by molar-refractivity contribution is -0.384. The highest BCUT2D eigenvalue weighted by Crippen LogP contribution is 2.23. The van der Waals surface area contributed by atoms with E-state index in [0.29, 0.717) is 13.1 Å². The third kappa shape index (κ3) is 3.82. The van der Waals surface area contributed by atoms with E-state index < -0.39 is 4.92 Å². The van der Waals surface area contributed by atoms with Crippen molar-refractivity contribution in [2.75, 3.05) is 0 Å². The van der Waals surface area contributed by atoms with Gasteiger partial charge >= 0.3 is 0 Å². The number of hydrogen-bond donors (Lipinski definition) is 1. The highest BCUT2D eigenvalue weighted by atomic mass is 79.9. The van der Waals surface area contributed by atoms with Crippen molar-refractivity contribution >= 4 is 33.0 Å². The zero-order valence-corrected chi connectivity index (χ0v) is 12.6. The van der Waals surface area contributed by atoms with Crippen molar-refractivity contribution in [2.45, 2.75) is 20.0 Å². The summed E-state index contributed by atoms with van der Waals surface area (Å²) in [5.74, 6) is 0. The fraction of sp³-hybridized carbons (Fsp3) is 0.250. The molecule has 0 aliphatic carbocycles. The SMILES string of the molecule is Cc1csc(CNCc2ccc([N+](=O)[O-])cc2Br)n1. The minimum Gasteiger partial charge on any atom is -0.306 e. The van der Waals surface area contributed by atoms with E-state index in [-0.39, 0.29) is 5.69 Å². The van der Waals surface area contributed by atoms with Gasteiger partial charge in [-0.1, -0.05) is 15.9 Å². The van der Waals surface area contributed by atoms with Crippen LogP contribution in [0.5, 0.6) is 0 Å². The van der Waals surface area contributed by atoms with Crippen molar-refractivity contribution in [1.82, 2.24) is 10.3 Å². The molecule has 0 atom stereocenters. The average Bonchev–Trinajstić information content (AvgIpc) is 2.77. The molecular weight excluding hydrogens is 330 g/mol. The van der Waals surface area contributed by atoms with Crippen LogP contribution >= 0.6 is 27.3 Å². The predicted molar refractivity (Wildman–Crippen MR) is 78.2 cm³/mol. The van der Waals surface area contributed by atoms with Crippen LogP contribution in [0.1, 0.15) is 16.3 Å². The van der Waals surface area contributed by atoms with Crippen molar-refractivity contribution in [3.63, 3.8) is 0 Å². The fourth-order valence-corrected chi connectivity index (χ4v) is 2.83. The van der Waals surface area contributed by atoms with E-state index in [1.165, 1.54) is 12.1 Å². The topological polar surface area (TPSA) is 68.1 Å². The maximum absolute atomic E-state index is 10.6. The first-order valence-corrected chi connectivity index (χ1v) is 7.28. The summed E-state index contributed by atoms with van der Waals surface area (Å²) in [7, 11) is 0. The number of nitro groups is 1. The molecule has 7 heteroatoms. The molecule has 0 aliphatic rings. The van der Waals surface area contributed by atoms with Gasteiger partial charge in [-0.2, -0.15) is 0 Å². The van der Waals surface area contributed by atoms with Gasteiger partial charge in [0, 0.05) is 40.8 Å². The number of non-ortho nitro benzene ring substituents is 1. The molecule has 1 N–H and O–H groups in total. The van der Waals surface area contributed by atoms with Gasteiger partial charge in [0.1, 0.15) is 5.01 Å². The normalized spacial score (nSPS) is 10.6.